The molecule has 0 atom stereocenters. The van der Waals surface area contributed by atoms with Gasteiger partial charge < -0.3 is 20.2 Å². The number of anilines is 2. The highest BCUT2D eigenvalue weighted by atomic mass is 16.5. The zero-order chi connectivity index (χ0) is 12.3. The first-order chi connectivity index (χ1) is 8.19. The van der Waals surface area contributed by atoms with E-state index in [4.69, 9.17) is 14.9 Å². The van der Waals surface area contributed by atoms with Crippen LogP contribution < -0.4 is 15.8 Å². The molecule has 0 saturated heterocycles. The second-order valence-electron chi connectivity index (χ2n) is 3.26. The summed E-state index contributed by atoms with van der Waals surface area (Å²) in [5, 5.41) is 2.65. The fourth-order valence-corrected chi connectivity index (χ4v) is 1.29. The molecule has 1 aromatic carbocycles. The smallest absolute Gasteiger partial charge is 0.292 e. The van der Waals surface area contributed by atoms with Gasteiger partial charge in [-0.15, -0.1) is 0 Å². The number of nitrogens with two attached hydrogens (primary N) is 1. The molecule has 0 fully saturated rings. The summed E-state index contributed by atoms with van der Waals surface area (Å²) in [5.74, 6) is 0.265. The number of rotatable bonds is 3. The SMILES string of the molecule is COc1cccc(NC(=O)c2coc(N)n2)c1. The molecule has 6 heteroatoms. The van der Waals surface area contributed by atoms with Gasteiger partial charge in [0.15, 0.2) is 5.69 Å². The number of carbonyl (C=O) groups excluding carboxylic acids is 1. The van der Waals surface area contributed by atoms with E-state index < -0.39 is 5.91 Å². The molecule has 1 heterocycles. The van der Waals surface area contributed by atoms with Crippen molar-refractivity contribution in [3.63, 3.8) is 0 Å². The molecule has 0 radical (unpaired) electrons. The molecule has 2 rings (SSSR count). The Bertz CT molecular complexity index is 536. The van der Waals surface area contributed by atoms with E-state index in [0.717, 1.165) is 0 Å². The van der Waals surface area contributed by atoms with Gasteiger partial charge in [-0.1, -0.05) is 6.07 Å². The molecule has 2 aromatic rings. The van der Waals surface area contributed by atoms with Crippen LogP contribution in [0.3, 0.4) is 0 Å². The third kappa shape index (κ3) is 2.54. The van der Waals surface area contributed by atoms with Crippen LogP contribution in [0, 0.1) is 0 Å². The van der Waals surface area contributed by atoms with Gasteiger partial charge in [-0.25, -0.2) is 0 Å². The molecule has 0 bridgehead atoms. The van der Waals surface area contributed by atoms with Crippen molar-refractivity contribution in [1.29, 1.82) is 0 Å². The number of benzene rings is 1. The molecule has 0 saturated carbocycles. The summed E-state index contributed by atoms with van der Waals surface area (Å²) in [6.45, 7) is 0. The first kappa shape index (κ1) is 11.0. The zero-order valence-corrected chi connectivity index (χ0v) is 9.14. The number of carbonyl (C=O) groups is 1. The zero-order valence-electron chi connectivity index (χ0n) is 9.14. The minimum Gasteiger partial charge on any atom is -0.497 e. The average molecular weight is 233 g/mol. The third-order valence-corrected chi connectivity index (χ3v) is 2.08. The van der Waals surface area contributed by atoms with Gasteiger partial charge in [0.25, 0.3) is 11.9 Å². The van der Waals surface area contributed by atoms with Crippen LogP contribution in [-0.4, -0.2) is 18.0 Å². The van der Waals surface area contributed by atoms with Crippen molar-refractivity contribution in [2.24, 2.45) is 0 Å². The topological polar surface area (TPSA) is 90.4 Å². The van der Waals surface area contributed by atoms with Crippen LogP contribution in [0.15, 0.2) is 34.9 Å². The highest BCUT2D eigenvalue weighted by molar-refractivity contribution is 6.02. The molecule has 0 aliphatic rings. The van der Waals surface area contributed by atoms with Crippen LogP contribution >= 0.6 is 0 Å². The number of amides is 1. The molecule has 6 nitrogen and oxygen atoms in total. The number of aromatic nitrogens is 1. The Morgan fingerprint density at radius 2 is 2.35 bits per heavy atom. The van der Waals surface area contributed by atoms with Gasteiger partial charge in [-0.05, 0) is 12.1 Å². The number of nitrogens with zero attached hydrogens (tertiary/aromatic N) is 1. The van der Waals surface area contributed by atoms with Crippen molar-refractivity contribution in [2.45, 2.75) is 0 Å². The summed E-state index contributed by atoms with van der Waals surface area (Å²) in [7, 11) is 1.55. The number of methoxy groups -OCH3 is 1. The number of nitrogen functional groups attached to an aromatic ring is 1. The second kappa shape index (κ2) is 4.56. The van der Waals surface area contributed by atoms with Crippen molar-refractivity contribution in [1.82, 2.24) is 4.98 Å². The average Bonchev–Trinajstić information content (AvgIpc) is 2.76. The Morgan fingerprint density at radius 3 is 3.00 bits per heavy atom. The minimum absolute atomic E-state index is 0.0409. The maximum Gasteiger partial charge on any atom is 0.292 e. The molecular weight excluding hydrogens is 222 g/mol. The van der Waals surface area contributed by atoms with Gasteiger partial charge in [-0.3, -0.25) is 4.79 Å². The number of ether oxygens (including phenoxy) is 1. The fraction of sp³-hybridized carbons (Fsp3) is 0.0909. The molecule has 0 aliphatic heterocycles. The van der Waals surface area contributed by atoms with Gasteiger partial charge in [0.1, 0.15) is 12.0 Å². The van der Waals surface area contributed by atoms with E-state index in [1.807, 2.05) is 0 Å². The summed E-state index contributed by atoms with van der Waals surface area (Å²) >= 11 is 0. The molecule has 0 unspecified atom stereocenters. The minimum atomic E-state index is -0.390. The van der Waals surface area contributed by atoms with E-state index in [2.05, 4.69) is 10.3 Å². The predicted molar refractivity (Wildman–Crippen MR) is 61.9 cm³/mol. The van der Waals surface area contributed by atoms with Crippen molar-refractivity contribution in [3.8, 4) is 5.75 Å². The van der Waals surface area contributed by atoms with Crippen LogP contribution in [0.2, 0.25) is 0 Å². The molecule has 3 N–H and O–H groups in total. The quantitative estimate of drug-likeness (QED) is 0.838. The normalized spacial score (nSPS) is 9.94. The van der Waals surface area contributed by atoms with Gasteiger partial charge in [0.2, 0.25) is 0 Å². The number of hydrogen-bond donors (Lipinski definition) is 2. The second-order valence-corrected chi connectivity index (χ2v) is 3.26. The van der Waals surface area contributed by atoms with Crippen molar-refractivity contribution in [2.75, 3.05) is 18.2 Å². The van der Waals surface area contributed by atoms with Gasteiger partial charge in [-0.2, -0.15) is 4.98 Å². The number of nitrogens with one attached hydrogen (secondary N) is 1. The standard InChI is InChI=1S/C11H11N3O3/c1-16-8-4-2-3-7(5-8)13-10(15)9-6-17-11(12)14-9/h2-6H,1H3,(H2,12,14)(H,13,15). The fourth-order valence-electron chi connectivity index (χ4n) is 1.29. The van der Waals surface area contributed by atoms with Crippen LogP contribution in [0.5, 0.6) is 5.75 Å². The van der Waals surface area contributed by atoms with Crippen LogP contribution in [0.1, 0.15) is 10.5 Å². The van der Waals surface area contributed by atoms with Gasteiger partial charge in [0.05, 0.1) is 7.11 Å². The lowest BCUT2D eigenvalue weighted by atomic mass is 10.3. The maximum atomic E-state index is 11.7. The number of oxazole rings is 1. The van der Waals surface area contributed by atoms with Crippen molar-refractivity contribution >= 4 is 17.6 Å². The van der Waals surface area contributed by atoms with E-state index in [0.29, 0.717) is 11.4 Å². The Labute approximate surface area is 97.4 Å². The first-order valence-electron chi connectivity index (χ1n) is 4.85. The van der Waals surface area contributed by atoms with Crippen molar-refractivity contribution in [3.05, 3.63) is 36.2 Å². The van der Waals surface area contributed by atoms with Gasteiger partial charge >= 0.3 is 0 Å². The first-order valence-corrected chi connectivity index (χ1v) is 4.85. The summed E-state index contributed by atoms with van der Waals surface area (Å²) in [6, 6.07) is 6.95. The molecule has 88 valence electrons. The lowest BCUT2D eigenvalue weighted by molar-refractivity contribution is 0.102. The molecule has 1 aromatic heterocycles. The summed E-state index contributed by atoms with van der Waals surface area (Å²) < 4.78 is 9.79. The number of hydrogen-bond acceptors (Lipinski definition) is 5. The lowest BCUT2D eigenvalue weighted by Gasteiger charge is -2.04. The van der Waals surface area contributed by atoms with Gasteiger partial charge in [0, 0.05) is 11.8 Å². The molecule has 17 heavy (non-hydrogen) atoms. The predicted octanol–water partition coefficient (Wildman–Crippen LogP) is 1.52. The summed E-state index contributed by atoms with van der Waals surface area (Å²) in [5.41, 5.74) is 6.01. The van der Waals surface area contributed by atoms with Crippen LogP contribution in [0.4, 0.5) is 11.7 Å². The molecular formula is C11H11N3O3. The lowest BCUT2D eigenvalue weighted by Crippen LogP contribution is -2.12. The Hall–Kier alpha value is -2.50. The maximum absolute atomic E-state index is 11.7. The Balaban J connectivity index is 2.12. The highest BCUT2D eigenvalue weighted by Gasteiger charge is 2.11. The Morgan fingerprint density at radius 1 is 1.53 bits per heavy atom. The molecule has 0 spiro atoms. The summed E-state index contributed by atoms with van der Waals surface area (Å²) in [4.78, 5) is 15.4. The van der Waals surface area contributed by atoms with E-state index in [-0.39, 0.29) is 11.7 Å². The largest absolute Gasteiger partial charge is 0.497 e. The molecule has 0 aliphatic carbocycles. The van der Waals surface area contributed by atoms with E-state index >= 15 is 0 Å². The third-order valence-electron chi connectivity index (χ3n) is 2.08. The summed E-state index contributed by atoms with van der Waals surface area (Å²) in [6.07, 6.45) is 1.20. The van der Waals surface area contributed by atoms with E-state index in [9.17, 15) is 4.79 Å². The van der Waals surface area contributed by atoms with Crippen molar-refractivity contribution < 1.29 is 13.9 Å². The van der Waals surface area contributed by atoms with E-state index in [1.54, 1.807) is 31.4 Å². The van der Waals surface area contributed by atoms with Crippen LogP contribution in [0.25, 0.3) is 0 Å². The monoisotopic (exact) mass is 233 g/mol. The van der Waals surface area contributed by atoms with Crippen LogP contribution in [-0.2, 0) is 0 Å². The van der Waals surface area contributed by atoms with E-state index in [1.165, 1.54) is 6.26 Å². The molecule has 1 amide bonds. The Kier molecular flexibility index (Phi) is 2.95. The highest BCUT2D eigenvalue weighted by Crippen LogP contribution is 2.17.